The Hall–Kier alpha value is -0.970. The van der Waals surface area contributed by atoms with Crippen molar-refractivity contribution in [2.24, 2.45) is 0 Å². The topological polar surface area (TPSA) is 24.9 Å². The van der Waals surface area contributed by atoms with Crippen LogP contribution in [0.5, 0.6) is 0 Å². The van der Waals surface area contributed by atoms with Crippen LogP contribution >= 0.6 is 22.9 Å². The first-order valence-electron chi connectivity index (χ1n) is 5.85. The normalized spacial score (nSPS) is 15.0. The Bertz CT molecular complexity index is 566. The predicted octanol–water partition coefficient (Wildman–Crippen LogP) is 3.85. The van der Waals surface area contributed by atoms with Gasteiger partial charge in [0, 0.05) is 23.5 Å². The van der Waals surface area contributed by atoms with Gasteiger partial charge in [-0.15, -0.1) is 11.3 Å². The monoisotopic (exact) mass is 282 g/mol. The maximum Gasteiger partial charge on any atom is 0.124 e. The van der Waals surface area contributed by atoms with E-state index in [4.69, 9.17) is 11.6 Å². The molecule has 0 bridgehead atoms. The van der Waals surface area contributed by atoms with Gasteiger partial charge in [0.25, 0.3) is 0 Å². The van der Waals surface area contributed by atoms with E-state index in [9.17, 15) is 4.39 Å². The van der Waals surface area contributed by atoms with Gasteiger partial charge in [-0.3, -0.25) is 0 Å². The van der Waals surface area contributed by atoms with Crippen LogP contribution in [0.1, 0.15) is 17.8 Å². The zero-order valence-electron chi connectivity index (χ0n) is 9.62. The minimum atomic E-state index is -0.324. The highest BCUT2D eigenvalue weighted by Gasteiger charge is 2.20. The molecule has 18 heavy (non-hydrogen) atoms. The number of hydrogen-bond donors (Lipinski definition) is 1. The van der Waals surface area contributed by atoms with E-state index in [1.54, 1.807) is 17.4 Å². The van der Waals surface area contributed by atoms with Crippen molar-refractivity contribution in [2.75, 3.05) is 0 Å². The summed E-state index contributed by atoms with van der Waals surface area (Å²) in [6, 6.07) is 5.07. The summed E-state index contributed by atoms with van der Waals surface area (Å²) in [4.78, 5) is 4.52. The molecule has 0 spiro atoms. The zero-order chi connectivity index (χ0) is 12.5. The SMILES string of the molecule is Fc1ccc(-c2csc(CNC3CC3)n2)c(Cl)c1. The average molecular weight is 283 g/mol. The van der Waals surface area contributed by atoms with Crippen LogP contribution in [0.3, 0.4) is 0 Å². The molecule has 1 saturated carbocycles. The highest BCUT2D eigenvalue weighted by Crippen LogP contribution is 2.29. The average Bonchev–Trinajstić information content (AvgIpc) is 3.05. The molecule has 2 aromatic rings. The van der Waals surface area contributed by atoms with Crippen molar-refractivity contribution in [1.82, 2.24) is 10.3 Å². The largest absolute Gasteiger partial charge is 0.308 e. The Balaban J connectivity index is 1.78. The lowest BCUT2D eigenvalue weighted by molar-refractivity contribution is 0.628. The molecule has 1 fully saturated rings. The standard InChI is InChI=1S/C13H12ClFN2S/c14-11-5-8(15)1-4-10(11)12-7-18-13(17-12)6-16-9-2-3-9/h1,4-5,7,9,16H,2-3,6H2. The van der Waals surface area contributed by atoms with Gasteiger partial charge in [0.05, 0.1) is 10.7 Å². The van der Waals surface area contributed by atoms with E-state index in [-0.39, 0.29) is 5.82 Å². The molecule has 1 aromatic heterocycles. The lowest BCUT2D eigenvalue weighted by Crippen LogP contribution is -2.14. The van der Waals surface area contributed by atoms with E-state index in [0.29, 0.717) is 11.1 Å². The van der Waals surface area contributed by atoms with Gasteiger partial charge in [-0.1, -0.05) is 11.6 Å². The zero-order valence-corrected chi connectivity index (χ0v) is 11.2. The van der Waals surface area contributed by atoms with E-state index in [2.05, 4.69) is 10.3 Å². The number of aromatic nitrogens is 1. The summed E-state index contributed by atoms with van der Waals surface area (Å²) in [5.41, 5.74) is 1.60. The van der Waals surface area contributed by atoms with E-state index < -0.39 is 0 Å². The van der Waals surface area contributed by atoms with Crippen LogP contribution in [0.4, 0.5) is 4.39 Å². The third-order valence-corrected chi connectivity index (χ3v) is 4.04. The van der Waals surface area contributed by atoms with E-state index in [1.165, 1.54) is 25.0 Å². The number of nitrogens with zero attached hydrogens (tertiary/aromatic N) is 1. The summed E-state index contributed by atoms with van der Waals surface area (Å²) < 4.78 is 13.0. The summed E-state index contributed by atoms with van der Waals surface area (Å²) in [5.74, 6) is -0.324. The number of rotatable bonds is 4. The van der Waals surface area contributed by atoms with Crippen molar-refractivity contribution < 1.29 is 4.39 Å². The third-order valence-electron chi connectivity index (χ3n) is 2.88. The Kier molecular flexibility index (Phi) is 3.33. The molecule has 0 amide bonds. The van der Waals surface area contributed by atoms with Crippen LogP contribution in [0, 0.1) is 5.82 Å². The Labute approximate surface area is 114 Å². The highest BCUT2D eigenvalue weighted by molar-refractivity contribution is 7.09. The van der Waals surface area contributed by atoms with Gasteiger partial charge in [-0.25, -0.2) is 9.37 Å². The lowest BCUT2D eigenvalue weighted by atomic mass is 10.2. The molecule has 0 aliphatic heterocycles. The van der Waals surface area contributed by atoms with Crippen molar-refractivity contribution in [3.8, 4) is 11.3 Å². The molecule has 1 heterocycles. The van der Waals surface area contributed by atoms with Crippen LogP contribution in [-0.4, -0.2) is 11.0 Å². The van der Waals surface area contributed by atoms with Gasteiger partial charge < -0.3 is 5.32 Å². The molecule has 0 saturated heterocycles. The second-order valence-electron chi connectivity index (χ2n) is 4.41. The number of benzene rings is 1. The molecule has 1 N–H and O–H groups in total. The quantitative estimate of drug-likeness (QED) is 0.921. The molecule has 1 aliphatic rings. The molecule has 0 atom stereocenters. The maximum absolute atomic E-state index is 13.0. The highest BCUT2D eigenvalue weighted by atomic mass is 35.5. The Morgan fingerprint density at radius 3 is 3.00 bits per heavy atom. The number of thiazole rings is 1. The predicted molar refractivity (Wildman–Crippen MR) is 72.4 cm³/mol. The number of hydrogen-bond acceptors (Lipinski definition) is 3. The molecule has 0 unspecified atom stereocenters. The minimum absolute atomic E-state index is 0.324. The number of halogens is 2. The van der Waals surface area contributed by atoms with Crippen molar-refractivity contribution in [3.63, 3.8) is 0 Å². The van der Waals surface area contributed by atoms with Gasteiger partial charge >= 0.3 is 0 Å². The molecular formula is C13H12ClFN2S. The van der Waals surface area contributed by atoms with Gasteiger partial charge in [0.2, 0.25) is 0 Å². The summed E-state index contributed by atoms with van der Waals surface area (Å²) in [6.45, 7) is 0.800. The lowest BCUT2D eigenvalue weighted by Gasteiger charge is -2.00. The van der Waals surface area contributed by atoms with Crippen LogP contribution in [0.15, 0.2) is 23.6 Å². The summed E-state index contributed by atoms with van der Waals surface area (Å²) in [5, 5.41) is 6.82. The van der Waals surface area contributed by atoms with E-state index in [0.717, 1.165) is 22.8 Å². The second kappa shape index (κ2) is 4.96. The minimum Gasteiger partial charge on any atom is -0.308 e. The first-order chi connectivity index (χ1) is 8.72. The van der Waals surface area contributed by atoms with E-state index >= 15 is 0 Å². The van der Waals surface area contributed by atoms with Crippen LogP contribution < -0.4 is 5.32 Å². The maximum atomic E-state index is 13.0. The molecule has 3 rings (SSSR count). The Morgan fingerprint density at radius 2 is 2.28 bits per heavy atom. The van der Waals surface area contributed by atoms with Crippen molar-refractivity contribution >= 4 is 22.9 Å². The van der Waals surface area contributed by atoms with Crippen molar-refractivity contribution in [1.29, 1.82) is 0 Å². The fraction of sp³-hybridized carbons (Fsp3) is 0.308. The smallest absolute Gasteiger partial charge is 0.124 e. The molecule has 94 valence electrons. The molecule has 5 heteroatoms. The van der Waals surface area contributed by atoms with Gasteiger partial charge in [-0.05, 0) is 31.0 Å². The summed E-state index contributed by atoms with van der Waals surface area (Å²) in [7, 11) is 0. The summed E-state index contributed by atoms with van der Waals surface area (Å²) in [6.07, 6.45) is 2.53. The van der Waals surface area contributed by atoms with Gasteiger partial charge in [-0.2, -0.15) is 0 Å². The van der Waals surface area contributed by atoms with Gasteiger partial charge in [0.1, 0.15) is 10.8 Å². The summed E-state index contributed by atoms with van der Waals surface area (Å²) >= 11 is 7.62. The first-order valence-corrected chi connectivity index (χ1v) is 7.11. The second-order valence-corrected chi connectivity index (χ2v) is 5.76. The van der Waals surface area contributed by atoms with Crippen LogP contribution in [0.25, 0.3) is 11.3 Å². The fourth-order valence-corrected chi connectivity index (χ4v) is 2.74. The fourth-order valence-electron chi connectivity index (χ4n) is 1.73. The van der Waals surface area contributed by atoms with Crippen molar-refractivity contribution in [3.05, 3.63) is 39.4 Å². The molecule has 2 nitrogen and oxygen atoms in total. The van der Waals surface area contributed by atoms with Crippen LogP contribution in [0.2, 0.25) is 5.02 Å². The third kappa shape index (κ3) is 2.71. The molecular weight excluding hydrogens is 271 g/mol. The molecule has 1 aliphatic carbocycles. The van der Waals surface area contributed by atoms with E-state index in [1.807, 2.05) is 5.38 Å². The van der Waals surface area contributed by atoms with Crippen LogP contribution in [-0.2, 0) is 6.54 Å². The van der Waals surface area contributed by atoms with Crippen molar-refractivity contribution in [2.45, 2.75) is 25.4 Å². The van der Waals surface area contributed by atoms with Gasteiger partial charge in [0.15, 0.2) is 0 Å². The Morgan fingerprint density at radius 1 is 1.44 bits per heavy atom. The molecule has 1 aromatic carbocycles. The first kappa shape index (κ1) is 12.1. The number of nitrogens with one attached hydrogen (secondary N) is 1. The molecule has 0 radical (unpaired) electrons.